The van der Waals surface area contributed by atoms with Crippen molar-refractivity contribution in [3.8, 4) is 0 Å². The van der Waals surface area contributed by atoms with E-state index in [2.05, 4.69) is 16.7 Å². The SMILES string of the molecule is O=CNCCCNC(=O)C(=O)N1CCc2ccccc2C1. The smallest absolute Gasteiger partial charge is 0.312 e. The van der Waals surface area contributed by atoms with Crippen LogP contribution in [0.4, 0.5) is 0 Å². The Morgan fingerprint density at radius 2 is 1.95 bits per heavy atom. The number of nitrogens with one attached hydrogen (secondary N) is 2. The van der Waals surface area contributed by atoms with Gasteiger partial charge in [-0.25, -0.2) is 0 Å². The van der Waals surface area contributed by atoms with Gasteiger partial charge in [-0.05, 0) is 24.0 Å². The zero-order chi connectivity index (χ0) is 15.1. The normalized spacial score (nSPS) is 13.2. The molecule has 6 heteroatoms. The minimum absolute atomic E-state index is 0.371. The average molecular weight is 289 g/mol. The lowest BCUT2D eigenvalue weighted by Gasteiger charge is -2.28. The zero-order valence-corrected chi connectivity index (χ0v) is 11.8. The molecule has 0 saturated carbocycles. The van der Waals surface area contributed by atoms with Crippen LogP contribution in [0.5, 0.6) is 0 Å². The van der Waals surface area contributed by atoms with Crippen LogP contribution in [0.15, 0.2) is 24.3 Å². The predicted molar refractivity (Wildman–Crippen MR) is 77.3 cm³/mol. The second-order valence-electron chi connectivity index (χ2n) is 4.93. The standard InChI is InChI=1S/C15H19N3O3/c19-11-16-7-3-8-17-14(20)15(21)18-9-6-12-4-1-2-5-13(12)10-18/h1-2,4-5,11H,3,6-10H2,(H,16,19)(H,17,20). The van der Waals surface area contributed by atoms with Crippen molar-refractivity contribution in [2.45, 2.75) is 19.4 Å². The van der Waals surface area contributed by atoms with Crippen LogP contribution in [0, 0.1) is 0 Å². The Labute approximate surface area is 123 Å². The van der Waals surface area contributed by atoms with Crippen LogP contribution in [0.25, 0.3) is 0 Å². The number of benzene rings is 1. The summed E-state index contributed by atoms with van der Waals surface area (Å²) < 4.78 is 0. The molecule has 0 saturated heterocycles. The van der Waals surface area contributed by atoms with Crippen molar-refractivity contribution >= 4 is 18.2 Å². The predicted octanol–water partition coefficient (Wildman–Crippen LogP) is -0.176. The van der Waals surface area contributed by atoms with E-state index in [-0.39, 0.29) is 0 Å². The first-order chi connectivity index (χ1) is 10.2. The van der Waals surface area contributed by atoms with Gasteiger partial charge in [0.1, 0.15) is 0 Å². The Bertz CT molecular complexity index is 531. The van der Waals surface area contributed by atoms with Crippen LogP contribution < -0.4 is 10.6 Å². The Morgan fingerprint density at radius 1 is 1.19 bits per heavy atom. The van der Waals surface area contributed by atoms with E-state index in [9.17, 15) is 14.4 Å². The monoisotopic (exact) mass is 289 g/mol. The highest BCUT2D eigenvalue weighted by atomic mass is 16.2. The minimum atomic E-state index is -0.583. The van der Waals surface area contributed by atoms with Crippen molar-refractivity contribution < 1.29 is 14.4 Å². The molecule has 6 nitrogen and oxygen atoms in total. The molecule has 0 spiro atoms. The lowest BCUT2D eigenvalue weighted by molar-refractivity contribution is -0.146. The van der Waals surface area contributed by atoms with Crippen molar-refractivity contribution in [2.24, 2.45) is 0 Å². The van der Waals surface area contributed by atoms with Gasteiger partial charge >= 0.3 is 11.8 Å². The average Bonchev–Trinajstić information content (AvgIpc) is 2.53. The summed E-state index contributed by atoms with van der Waals surface area (Å²) >= 11 is 0. The van der Waals surface area contributed by atoms with Gasteiger partial charge < -0.3 is 15.5 Å². The molecule has 112 valence electrons. The maximum absolute atomic E-state index is 12.1. The molecule has 1 aromatic rings. The molecule has 21 heavy (non-hydrogen) atoms. The molecule has 0 bridgehead atoms. The fourth-order valence-corrected chi connectivity index (χ4v) is 2.34. The summed E-state index contributed by atoms with van der Waals surface area (Å²) in [5.41, 5.74) is 2.34. The van der Waals surface area contributed by atoms with Crippen LogP contribution in [0.2, 0.25) is 0 Å². The van der Waals surface area contributed by atoms with Crippen LogP contribution in [0.3, 0.4) is 0 Å². The molecule has 0 unspecified atom stereocenters. The molecule has 0 fully saturated rings. The number of hydrogen-bond donors (Lipinski definition) is 2. The van der Waals surface area contributed by atoms with E-state index in [1.807, 2.05) is 18.2 Å². The number of carbonyl (C=O) groups is 3. The van der Waals surface area contributed by atoms with E-state index in [0.29, 0.717) is 39.0 Å². The Kier molecular flexibility index (Phi) is 5.31. The summed E-state index contributed by atoms with van der Waals surface area (Å²) in [6.45, 7) is 1.90. The first kappa shape index (κ1) is 15.0. The number of hydrogen-bond acceptors (Lipinski definition) is 3. The number of amides is 3. The van der Waals surface area contributed by atoms with Gasteiger partial charge in [0.05, 0.1) is 0 Å². The molecule has 0 aromatic heterocycles. The summed E-state index contributed by atoms with van der Waals surface area (Å²) in [5.74, 6) is -1.08. The summed E-state index contributed by atoms with van der Waals surface area (Å²) in [7, 11) is 0. The molecule has 2 rings (SSSR count). The summed E-state index contributed by atoms with van der Waals surface area (Å²) in [6.07, 6.45) is 1.98. The molecule has 3 amide bonds. The van der Waals surface area contributed by atoms with Crippen molar-refractivity contribution in [3.05, 3.63) is 35.4 Å². The first-order valence-electron chi connectivity index (χ1n) is 7.03. The topological polar surface area (TPSA) is 78.5 Å². The van der Waals surface area contributed by atoms with E-state index in [4.69, 9.17) is 0 Å². The number of rotatable bonds is 5. The maximum atomic E-state index is 12.1. The van der Waals surface area contributed by atoms with E-state index in [1.54, 1.807) is 4.90 Å². The van der Waals surface area contributed by atoms with Crippen LogP contribution >= 0.6 is 0 Å². The highest BCUT2D eigenvalue weighted by Gasteiger charge is 2.25. The van der Waals surface area contributed by atoms with Crippen LogP contribution in [-0.4, -0.2) is 42.8 Å². The van der Waals surface area contributed by atoms with Crippen molar-refractivity contribution in [2.75, 3.05) is 19.6 Å². The van der Waals surface area contributed by atoms with E-state index < -0.39 is 11.8 Å². The third-order valence-corrected chi connectivity index (χ3v) is 3.48. The third kappa shape index (κ3) is 4.05. The summed E-state index contributed by atoms with van der Waals surface area (Å²) in [4.78, 5) is 35.5. The quantitative estimate of drug-likeness (QED) is 0.448. The first-order valence-corrected chi connectivity index (χ1v) is 7.03. The van der Waals surface area contributed by atoms with Gasteiger partial charge in [-0.15, -0.1) is 0 Å². The molecule has 0 atom stereocenters. The van der Waals surface area contributed by atoms with Crippen LogP contribution in [0.1, 0.15) is 17.5 Å². The second-order valence-corrected chi connectivity index (χ2v) is 4.93. The second kappa shape index (κ2) is 7.42. The fraction of sp³-hybridized carbons (Fsp3) is 0.400. The Balaban J connectivity index is 1.81. The Hall–Kier alpha value is -2.37. The minimum Gasteiger partial charge on any atom is -0.359 e. The molecule has 1 aromatic carbocycles. The van der Waals surface area contributed by atoms with E-state index >= 15 is 0 Å². The summed E-state index contributed by atoms with van der Waals surface area (Å²) in [6, 6.07) is 7.96. The Morgan fingerprint density at radius 3 is 2.71 bits per heavy atom. The van der Waals surface area contributed by atoms with Crippen LogP contribution in [-0.2, 0) is 27.3 Å². The van der Waals surface area contributed by atoms with Gasteiger partial charge in [-0.3, -0.25) is 14.4 Å². The molecular formula is C15H19N3O3. The highest BCUT2D eigenvalue weighted by Crippen LogP contribution is 2.18. The largest absolute Gasteiger partial charge is 0.359 e. The lowest BCUT2D eigenvalue weighted by Crippen LogP contribution is -2.45. The number of carbonyl (C=O) groups excluding carboxylic acids is 3. The van der Waals surface area contributed by atoms with E-state index in [1.165, 1.54) is 5.56 Å². The van der Waals surface area contributed by atoms with Crippen molar-refractivity contribution in [1.29, 1.82) is 0 Å². The van der Waals surface area contributed by atoms with Gasteiger partial charge in [-0.1, -0.05) is 24.3 Å². The van der Waals surface area contributed by atoms with E-state index in [0.717, 1.165) is 12.0 Å². The van der Waals surface area contributed by atoms with Crippen molar-refractivity contribution in [3.63, 3.8) is 0 Å². The van der Waals surface area contributed by atoms with Gasteiger partial charge in [0, 0.05) is 26.2 Å². The van der Waals surface area contributed by atoms with Gasteiger partial charge in [0.25, 0.3) is 0 Å². The lowest BCUT2D eigenvalue weighted by atomic mass is 10.00. The number of nitrogens with zero attached hydrogens (tertiary/aromatic N) is 1. The molecule has 1 heterocycles. The fourth-order valence-electron chi connectivity index (χ4n) is 2.34. The highest BCUT2D eigenvalue weighted by molar-refractivity contribution is 6.35. The molecule has 1 aliphatic rings. The van der Waals surface area contributed by atoms with Gasteiger partial charge in [-0.2, -0.15) is 0 Å². The molecular weight excluding hydrogens is 270 g/mol. The number of fused-ring (bicyclic) bond motifs is 1. The van der Waals surface area contributed by atoms with Gasteiger partial charge in [0.15, 0.2) is 0 Å². The molecule has 1 aliphatic heterocycles. The maximum Gasteiger partial charge on any atom is 0.312 e. The molecule has 0 aliphatic carbocycles. The third-order valence-electron chi connectivity index (χ3n) is 3.48. The molecule has 2 N–H and O–H groups in total. The van der Waals surface area contributed by atoms with Crippen molar-refractivity contribution in [1.82, 2.24) is 15.5 Å². The summed E-state index contributed by atoms with van der Waals surface area (Å²) in [5, 5.41) is 5.07. The zero-order valence-electron chi connectivity index (χ0n) is 11.8. The molecule has 0 radical (unpaired) electrons. The van der Waals surface area contributed by atoms with Gasteiger partial charge in [0.2, 0.25) is 6.41 Å².